The van der Waals surface area contributed by atoms with Gasteiger partial charge in [-0.05, 0) is 51.6 Å². The lowest BCUT2D eigenvalue weighted by atomic mass is 9.96. The summed E-state index contributed by atoms with van der Waals surface area (Å²) in [7, 11) is 0. The third-order valence-electron chi connectivity index (χ3n) is 5.12. The summed E-state index contributed by atoms with van der Waals surface area (Å²) in [5, 5.41) is 3.57. The molecule has 3 heterocycles. The number of piperidine rings is 1. The predicted octanol–water partition coefficient (Wildman–Crippen LogP) is 2.80. The first-order valence-corrected chi connectivity index (χ1v) is 9.74. The normalized spacial score (nSPS) is 19.7. The molecule has 0 unspecified atom stereocenters. The Balaban J connectivity index is 1.29. The first kappa shape index (κ1) is 16.0. The molecular formula is C18H24N4OS. The fourth-order valence-corrected chi connectivity index (χ4v) is 4.42. The number of hydrogen-bond donors (Lipinski definition) is 0. The second-order valence-electron chi connectivity index (χ2n) is 7.21. The Kier molecular flexibility index (Phi) is 4.50. The number of nitrogens with zero attached hydrogens (tertiary/aromatic N) is 4. The zero-order valence-electron chi connectivity index (χ0n) is 14.1. The van der Waals surface area contributed by atoms with Gasteiger partial charge >= 0.3 is 0 Å². The van der Waals surface area contributed by atoms with Gasteiger partial charge in [0.05, 0.1) is 17.0 Å². The summed E-state index contributed by atoms with van der Waals surface area (Å²) in [6.45, 7) is 5.79. The van der Waals surface area contributed by atoms with E-state index in [-0.39, 0.29) is 5.56 Å². The maximum Gasteiger partial charge on any atom is 0.256 e. The van der Waals surface area contributed by atoms with Gasteiger partial charge in [-0.25, -0.2) is 9.97 Å². The second-order valence-corrected chi connectivity index (χ2v) is 8.09. The Hall–Kier alpha value is -1.53. The third kappa shape index (κ3) is 3.59. The van der Waals surface area contributed by atoms with E-state index >= 15 is 0 Å². The Labute approximate surface area is 146 Å². The molecule has 24 heavy (non-hydrogen) atoms. The van der Waals surface area contributed by atoms with Crippen molar-refractivity contribution in [3.05, 3.63) is 44.5 Å². The van der Waals surface area contributed by atoms with Crippen molar-refractivity contribution in [1.82, 2.24) is 19.4 Å². The minimum Gasteiger partial charge on any atom is -0.299 e. The maximum absolute atomic E-state index is 12.1. The van der Waals surface area contributed by atoms with Crippen LogP contribution in [0.1, 0.15) is 47.9 Å². The number of aryl methyl sites for hydroxylation is 1. The standard InChI is InChI=1S/C18H24N4OS/c1-13-8-19-12-22(18(13)23)9-14-4-6-21(7-5-14)10-16-11-24-17(20-16)15-2-3-15/h8,11-12,14-15H,2-7,9-10H2,1H3. The summed E-state index contributed by atoms with van der Waals surface area (Å²) in [5.41, 5.74) is 2.06. The summed E-state index contributed by atoms with van der Waals surface area (Å²) in [6, 6.07) is 0. The maximum atomic E-state index is 12.1. The molecule has 1 aliphatic heterocycles. The Morgan fingerprint density at radius 2 is 2.04 bits per heavy atom. The molecule has 1 aliphatic carbocycles. The molecule has 4 rings (SSSR count). The van der Waals surface area contributed by atoms with E-state index in [1.807, 2.05) is 18.3 Å². The number of likely N-dealkylation sites (tertiary alicyclic amines) is 1. The SMILES string of the molecule is Cc1cncn(CC2CCN(Cc3csc(C4CC4)n3)CC2)c1=O. The molecule has 2 aliphatic rings. The highest BCUT2D eigenvalue weighted by Gasteiger charge is 2.27. The summed E-state index contributed by atoms with van der Waals surface area (Å²) in [6.07, 6.45) is 8.25. The molecule has 1 saturated carbocycles. The first-order chi connectivity index (χ1) is 11.7. The van der Waals surface area contributed by atoms with Gasteiger partial charge in [-0.2, -0.15) is 0 Å². The zero-order chi connectivity index (χ0) is 16.5. The van der Waals surface area contributed by atoms with Crippen LogP contribution >= 0.6 is 11.3 Å². The number of hydrogen-bond acceptors (Lipinski definition) is 5. The van der Waals surface area contributed by atoms with E-state index in [2.05, 4.69) is 15.3 Å². The van der Waals surface area contributed by atoms with Crippen molar-refractivity contribution in [2.45, 2.75) is 51.6 Å². The van der Waals surface area contributed by atoms with E-state index < -0.39 is 0 Å². The Morgan fingerprint density at radius 3 is 2.79 bits per heavy atom. The van der Waals surface area contributed by atoms with E-state index in [1.165, 1.54) is 23.5 Å². The highest BCUT2D eigenvalue weighted by Crippen LogP contribution is 2.41. The summed E-state index contributed by atoms with van der Waals surface area (Å²) >= 11 is 1.83. The van der Waals surface area contributed by atoms with Crippen LogP contribution in [0.2, 0.25) is 0 Å². The fraction of sp³-hybridized carbons (Fsp3) is 0.611. The van der Waals surface area contributed by atoms with Gasteiger partial charge < -0.3 is 0 Å². The second kappa shape index (κ2) is 6.76. The van der Waals surface area contributed by atoms with Crippen molar-refractivity contribution in [3.8, 4) is 0 Å². The van der Waals surface area contributed by atoms with Crippen molar-refractivity contribution in [2.24, 2.45) is 5.92 Å². The molecule has 0 spiro atoms. The van der Waals surface area contributed by atoms with Crippen molar-refractivity contribution in [2.75, 3.05) is 13.1 Å². The fourth-order valence-electron chi connectivity index (χ4n) is 3.44. The summed E-state index contributed by atoms with van der Waals surface area (Å²) < 4.78 is 1.78. The van der Waals surface area contributed by atoms with E-state index in [1.54, 1.807) is 17.1 Å². The van der Waals surface area contributed by atoms with Crippen molar-refractivity contribution in [3.63, 3.8) is 0 Å². The molecule has 128 valence electrons. The lowest BCUT2D eigenvalue weighted by Crippen LogP contribution is -2.36. The molecule has 2 fully saturated rings. The van der Waals surface area contributed by atoms with Crippen LogP contribution < -0.4 is 5.56 Å². The van der Waals surface area contributed by atoms with Crippen LogP contribution in [0.3, 0.4) is 0 Å². The molecule has 0 atom stereocenters. The minimum absolute atomic E-state index is 0.0995. The molecule has 5 nitrogen and oxygen atoms in total. The number of thiazole rings is 1. The van der Waals surface area contributed by atoms with Gasteiger partial charge in [-0.3, -0.25) is 14.3 Å². The van der Waals surface area contributed by atoms with Crippen LogP contribution in [0, 0.1) is 12.8 Å². The van der Waals surface area contributed by atoms with Crippen LogP contribution in [0.15, 0.2) is 22.7 Å². The monoisotopic (exact) mass is 344 g/mol. The minimum atomic E-state index is 0.0995. The third-order valence-corrected chi connectivity index (χ3v) is 6.17. The highest BCUT2D eigenvalue weighted by atomic mass is 32.1. The Bertz CT molecular complexity index is 756. The van der Waals surface area contributed by atoms with Crippen LogP contribution in [-0.2, 0) is 13.1 Å². The average Bonchev–Trinajstić information content (AvgIpc) is 3.34. The van der Waals surface area contributed by atoms with E-state index in [9.17, 15) is 4.79 Å². The quantitative estimate of drug-likeness (QED) is 0.837. The van der Waals surface area contributed by atoms with Gasteiger partial charge in [0, 0.05) is 36.1 Å². The molecule has 0 radical (unpaired) electrons. The van der Waals surface area contributed by atoms with Gasteiger partial charge in [-0.1, -0.05) is 0 Å². The molecule has 1 saturated heterocycles. The largest absolute Gasteiger partial charge is 0.299 e. The lowest BCUT2D eigenvalue weighted by molar-refractivity contribution is 0.165. The van der Waals surface area contributed by atoms with Gasteiger partial charge in [0.15, 0.2) is 0 Å². The highest BCUT2D eigenvalue weighted by molar-refractivity contribution is 7.09. The van der Waals surface area contributed by atoms with Gasteiger partial charge in [0.1, 0.15) is 0 Å². The molecule has 2 aromatic heterocycles. The summed E-state index contributed by atoms with van der Waals surface area (Å²) in [5.74, 6) is 1.33. The van der Waals surface area contributed by atoms with Gasteiger partial charge in [-0.15, -0.1) is 11.3 Å². The molecular weight excluding hydrogens is 320 g/mol. The number of aromatic nitrogens is 3. The number of rotatable bonds is 5. The molecule has 0 amide bonds. The van der Waals surface area contributed by atoms with Crippen molar-refractivity contribution in [1.29, 1.82) is 0 Å². The van der Waals surface area contributed by atoms with Crippen LogP contribution in [-0.4, -0.2) is 32.5 Å². The van der Waals surface area contributed by atoms with Gasteiger partial charge in [0.2, 0.25) is 0 Å². The summed E-state index contributed by atoms with van der Waals surface area (Å²) in [4.78, 5) is 23.6. The smallest absolute Gasteiger partial charge is 0.256 e. The van der Waals surface area contributed by atoms with E-state index in [0.717, 1.165) is 50.5 Å². The molecule has 2 aromatic rings. The van der Waals surface area contributed by atoms with Crippen molar-refractivity contribution >= 4 is 11.3 Å². The van der Waals surface area contributed by atoms with Crippen LogP contribution in [0.4, 0.5) is 0 Å². The average molecular weight is 344 g/mol. The van der Waals surface area contributed by atoms with E-state index in [0.29, 0.717) is 5.92 Å². The van der Waals surface area contributed by atoms with E-state index in [4.69, 9.17) is 4.98 Å². The molecule has 0 bridgehead atoms. The molecule has 0 aromatic carbocycles. The molecule has 6 heteroatoms. The van der Waals surface area contributed by atoms with Crippen molar-refractivity contribution < 1.29 is 0 Å². The molecule has 0 N–H and O–H groups in total. The predicted molar refractivity (Wildman–Crippen MR) is 95.3 cm³/mol. The van der Waals surface area contributed by atoms with Crippen LogP contribution in [0.5, 0.6) is 0 Å². The van der Waals surface area contributed by atoms with Gasteiger partial charge in [0.25, 0.3) is 5.56 Å². The van der Waals surface area contributed by atoms with Crippen LogP contribution in [0.25, 0.3) is 0 Å². The topological polar surface area (TPSA) is 51.0 Å². The Morgan fingerprint density at radius 1 is 1.25 bits per heavy atom. The first-order valence-electron chi connectivity index (χ1n) is 8.87. The lowest BCUT2D eigenvalue weighted by Gasteiger charge is -2.31. The zero-order valence-corrected chi connectivity index (χ0v) is 15.0.